The summed E-state index contributed by atoms with van der Waals surface area (Å²) in [6.07, 6.45) is 7.60. The summed E-state index contributed by atoms with van der Waals surface area (Å²) in [5, 5.41) is 8.50. The molecule has 1 amide bonds. The van der Waals surface area contributed by atoms with Crippen LogP contribution >= 0.6 is 0 Å². The number of carbonyl (C=O) groups excluding carboxylic acids is 1. The summed E-state index contributed by atoms with van der Waals surface area (Å²) in [5.74, 6) is 0.410. The smallest absolute Gasteiger partial charge is 0.289 e. The van der Waals surface area contributed by atoms with E-state index in [1.54, 1.807) is 18.4 Å². The van der Waals surface area contributed by atoms with Gasteiger partial charge in [-0.2, -0.15) is 0 Å². The van der Waals surface area contributed by atoms with Crippen LogP contribution in [0.3, 0.4) is 0 Å². The summed E-state index contributed by atoms with van der Waals surface area (Å²) in [5.41, 5.74) is 1.93. The Morgan fingerprint density at radius 1 is 1.15 bits per heavy atom. The fourth-order valence-electron chi connectivity index (χ4n) is 3.54. The Labute approximate surface area is 152 Å². The summed E-state index contributed by atoms with van der Waals surface area (Å²) in [4.78, 5) is 14.6. The lowest BCUT2D eigenvalue weighted by atomic mass is 9.99. The fourth-order valence-corrected chi connectivity index (χ4v) is 3.54. The predicted molar refractivity (Wildman–Crippen MR) is 97.5 cm³/mol. The molecule has 0 aliphatic carbocycles. The van der Waals surface area contributed by atoms with E-state index in [0.717, 1.165) is 50.0 Å². The summed E-state index contributed by atoms with van der Waals surface area (Å²) >= 11 is 0. The van der Waals surface area contributed by atoms with Gasteiger partial charge in [-0.25, -0.2) is 0 Å². The first-order valence-corrected chi connectivity index (χ1v) is 9.11. The standard InChI is InChI=1S/C20H22N4O2/c25-20(19-10-6-14-26-19)24-12-5-4-9-17(24)11-13-23-15-18(21-22-23)16-7-2-1-3-8-16/h1-3,6-8,10,14-15,17H,4-5,9,11-13H2. The maximum atomic E-state index is 12.7. The van der Waals surface area contributed by atoms with Crippen LogP contribution in [0.15, 0.2) is 59.3 Å². The van der Waals surface area contributed by atoms with E-state index in [1.807, 2.05) is 46.1 Å². The van der Waals surface area contributed by atoms with E-state index in [9.17, 15) is 4.79 Å². The summed E-state index contributed by atoms with van der Waals surface area (Å²) in [7, 11) is 0. The Bertz CT molecular complexity index is 842. The van der Waals surface area contributed by atoms with Crippen molar-refractivity contribution in [3.8, 4) is 11.3 Å². The Balaban J connectivity index is 1.41. The maximum Gasteiger partial charge on any atom is 0.289 e. The van der Waals surface area contributed by atoms with Gasteiger partial charge >= 0.3 is 0 Å². The van der Waals surface area contributed by atoms with Crippen molar-refractivity contribution in [1.82, 2.24) is 19.9 Å². The number of hydrogen-bond donors (Lipinski definition) is 0. The minimum absolute atomic E-state index is 0.0109. The molecule has 1 unspecified atom stereocenters. The van der Waals surface area contributed by atoms with E-state index < -0.39 is 0 Å². The van der Waals surface area contributed by atoms with Gasteiger partial charge in [0.2, 0.25) is 0 Å². The van der Waals surface area contributed by atoms with Crippen LogP contribution in [-0.2, 0) is 6.54 Å². The molecule has 1 aromatic carbocycles. The molecule has 1 fully saturated rings. The minimum Gasteiger partial charge on any atom is -0.459 e. The van der Waals surface area contributed by atoms with E-state index in [1.165, 1.54) is 0 Å². The fraction of sp³-hybridized carbons (Fsp3) is 0.350. The second-order valence-electron chi connectivity index (χ2n) is 6.65. The molecule has 1 atom stereocenters. The Morgan fingerprint density at radius 3 is 2.85 bits per heavy atom. The van der Waals surface area contributed by atoms with Gasteiger partial charge in [-0.3, -0.25) is 9.48 Å². The van der Waals surface area contributed by atoms with E-state index in [0.29, 0.717) is 5.76 Å². The van der Waals surface area contributed by atoms with Crippen LogP contribution in [0.2, 0.25) is 0 Å². The monoisotopic (exact) mass is 350 g/mol. The van der Waals surface area contributed by atoms with Crippen LogP contribution in [0.1, 0.15) is 36.2 Å². The van der Waals surface area contributed by atoms with Crippen LogP contribution in [0.4, 0.5) is 0 Å². The predicted octanol–water partition coefficient (Wildman–Crippen LogP) is 3.62. The van der Waals surface area contributed by atoms with Crippen molar-refractivity contribution in [3.63, 3.8) is 0 Å². The summed E-state index contributed by atoms with van der Waals surface area (Å²) in [6, 6.07) is 13.7. The molecule has 1 aliphatic rings. The molecule has 0 saturated carbocycles. The van der Waals surface area contributed by atoms with E-state index in [-0.39, 0.29) is 11.9 Å². The van der Waals surface area contributed by atoms with E-state index >= 15 is 0 Å². The molecule has 6 heteroatoms. The van der Waals surface area contributed by atoms with Crippen molar-refractivity contribution in [2.75, 3.05) is 6.54 Å². The number of rotatable bonds is 5. The van der Waals surface area contributed by atoms with Crippen LogP contribution in [-0.4, -0.2) is 38.4 Å². The molecule has 1 aliphatic heterocycles. The first-order chi connectivity index (χ1) is 12.8. The van der Waals surface area contributed by atoms with Gasteiger partial charge in [0.25, 0.3) is 5.91 Å². The molecule has 0 N–H and O–H groups in total. The van der Waals surface area contributed by atoms with Crippen LogP contribution in [0, 0.1) is 0 Å². The highest BCUT2D eigenvalue weighted by Crippen LogP contribution is 2.23. The molecule has 4 rings (SSSR count). The number of furan rings is 1. The van der Waals surface area contributed by atoms with Gasteiger partial charge in [0.1, 0.15) is 5.69 Å². The topological polar surface area (TPSA) is 64.2 Å². The Kier molecular flexibility index (Phi) is 4.82. The van der Waals surface area contributed by atoms with Crippen molar-refractivity contribution in [2.45, 2.75) is 38.3 Å². The molecule has 3 aromatic rings. The first-order valence-electron chi connectivity index (χ1n) is 9.11. The van der Waals surface area contributed by atoms with Crippen molar-refractivity contribution < 1.29 is 9.21 Å². The molecule has 0 spiro atoms. The van der Waals surface area contributed by atoms with Gasteiger partial charge in [-0.1, -0.05) is 35.5 Å². The van der Waals surface area contributed by atoms with Crippen molar-refractivity contribution in [1.29, 1.82) is 0 Å². The van der Waals surface area contributed by atoms with Crippen LogP contribution in [0.25, 0.3) is 11.3 Å². The molecule has 0 bridgehead atoms. The molecular formula is C20H22N4O2. The maximum absolute atomic E-state index is 12.7. The highest BCUT2D eigenvalue weighted by atomic mass is 16.3. The molecule has 134 valence electrons. The molecule has 6 nitrogen and oxygen atoms in total. The highest BCUT2D eigenvalue weighted by Gasteiger charge is 2.28. The zero-order valence-corrected chi connectivity index (χ0v) is 14.6. The van der Waals surface area contributed by atoms with Gasteiger partial charge in [-0.15, -0.1) is 5.10 Å². The summed E-state index contributed by atoms with van der Waals surface area (Å²) in [6.45, 7) is 1.53. The van der Waals surface area contributed by atoms with E-state index in [4.69, 9.17) is 4.42 Å². The highest BCUT2D eigenvalue weighted by molar-refractivity contribution is 5.91. The van der Waals surface area contributed by atoms with E-state index in [2.05, 4.69) is 10.3 Å². The SMILES string of the molecule is O=C(c1ccco1)N1CCCCC1CCn1cc(-c2ccccc2)nn1. The van der Waals surface area contributed by atoms with Gasteiger partial charge < -0.3 is 9.32 Å². The van der Waals surface area contributed by atoms with Gasteiger partial charge in [0, 0.05) is 24.7 Å². The van der Waals surface area contributed by atoms with Gasteiger partial charge in [-0.05, 0) is 37.8 Å². The third kappa shape index (κ3) is 3.54. The lowest BCUT2D eigenvalue weighted by Gasteiger charge is -2.35. The molecule has 0 radical (unpaired) electrons. The molecule has 1 saturated heterocycles. The molecule has 26 heavy (non-hydrogen) atoms. The second kappa shape index (κ2) is 7.56. The average molecular weight is 350 g/mol. The van der Waals surface area contributed by atoms with Crippen molar-refractivity contribution in [2.24, 2.45) is 0 Å². The summed E-state index contributed by atoms with van der Waals surface area (Å²) < 4.78 is 7.16. The quantitative estimate of drug-likeness (QED) is 0.705. The number of hydrogen-bond acceptors (Lipinski definition) is 4. The largest absolute Gasteiger partial charge is 0.459 e. The number of piperidine rings is 1. The first kappa shape index (κ1) is 16.6. The zero-order chi connectivity index (χ0) is 17.8. The third-order valence-electron chi connectivity index (χ3n) is 4.92. The Hall–Kier alpha value is -2.89. The normalized spacial score (nSPS) is 17.4. The minimum atomic E-state index is -0.0109. The van der Waals surface area contributed by atoms with Crippen molar-refractivity contribution >= 4 is 5.91 Å². The molecule has 2 aromatic heterocycles. The number of amides is 1. The lowest BCUT2D eigenvalue weighted by molar-refractivity contribution is 0.0561. The molecule has 3 heterocycles. The van der Waals surface area contributed by atoms with Crippen LogP contribution in [0.5, 0.6) is 0 Å². The van der Waals surface area contributed by atoms with Crippen LogP contribution < -0.4 is 0 Å². The lowest BCUT2D eigenvalue weighted by Crippen LogP contribution is -2.44. The number of benzene rings is 1. The Morgan fingerprint density at radius 2 is 2.04 bits per heavy atom. The number of nitrogens with zero attached hydrogens (tertiary/aromatic N) is 4. The number of carbonyl (C=O) groups is 1. The number of aryl methyl sites for hydroxylation is 1. The third-order valence-corrected chi connectivity index (χ3v) is 4.92. The average Bonchev–Trinajstić information content (AvgIpc) is 3.39. The van der Waals surface area contributed by atoms with Gasteiger partial charge in [0.15, 0.2) is 5.76 Å². The van der Waals surface area contributed by atoms with Crippen molar-refractivity contribution in [3.05, 3.63) is 60.7 Å². The molecular weight excluding hydrogens is 328 g/mol. The number of likely N-dealkylation sites (tertiary alicyclic amines) is 1. The zero-order valence-electron chi connectivity index (χ0n) is 14.6. The van der Waals surface area contributed by atoms with Gasteiger partial charge in [0.05, 0.1) is 12.5 Å². The number of aromatic nitrogens is 3. The second-order valence-corrected chi connectivity index (χ2v) is 6.65.